The van der Waals surface area contributed by atoms with E-state index in [0.29, 0.717) is 11.1 Å². The molecule has 0 saturated carbocycles. The molecule has 0 saturated heterocycles. The monoisotopic (exact) mass is 225 g/mol. The second-order valence-electron chi connectivity index (χ2n) is 3.78. The van der Waals surface area contributed by atoms with E-state index in [-0.39, 0.29) is 12.3 Å². The largest absolute Gasteiger partial charge is 0.327 e. The van der Waals surface area contributed by atoms with Gasteiger partial charge in [-0.3, -0.25) is 4.79 Å². The number of nitriles is 1. The third-order valence-electron chi connectivity index (χ3n) is 2.57. The number of rotatable bonds is 3. The topological polar surface area (TPSA) is 58.7 Å². The maximum Gasteiger partial charge on any atom is 0.182 e. The number of carbonyl (C=O) groups excluding carboxylic acids is 1. The van der Waals surface area contributed by atoms with Gasteiger partial charge in [0.25, 0.3) is 0 Å². The minimum absolute atomic E-state index is 0.00981. The molecule has 1 aromatic carbocycles. The summed E-state index contributed by atoms with van der Waals surface area (Å²) in [4.78, 5) is 15.9. The Labute approximate surface area is 99.1 Å². The van der Waals surface area contributed by atoms with E-state index in [1.807, 2.05) is 13.0 Å². The molecule has 0 spiro atoms. The first kappa shape index (κ1) is 11.1. The summed E-state index contributed by atoms with van der Waals surface area (Å²) in [6.45, 7) is 2.18. The Kier molecular flexibility index (Phi) is 3.01. The van der Waals surface area contributed by atoms with E-state index in [1.165, 1.54) is 0 Å². The van der Waals surface area contributed by atoms with Crippen molar-refractivity contribution in [3.63, 3.8) is 0 Å². The first-order valence-electron chi connectivity index (χ1n) is 5.21. The van der Waals surface area contributed by atoms with E-state index < -0.39 is 0 Å². The van der Waals surface area contributed by atoms with Crippen molar-refractivity contribution in [2.24, 2.45) is 0 Å². The van der Waals surface area contributed by atoms with Crippen molar-refractivity contribution in [1.82, 2.24) is 9.55 Å². The molecule has 0 N–H and O–H groups in total. The van der Waals surface area contributed by atoms with Gasteiger partial charge in [-0.2, -0.15) is 5.26 Å². The lowest BCUT2D eigenvalue weighted by Gasteiger charge is -2.04. The van der Waals surface area contributed by atoms with Crippen LogP contribution in [0.5, 0.6) is 0 Å². The summed E-state index contributed by atoms with van der Waals surface area (Å²) in [5.74, 6) is 0.00981. The molecule has 84 valence electrons. The molecule has 0 unspecified atom stereocenters. The zero-order valence-electron chi connectivity index (χ0n) is 9.42. The Hall–Kier alpha value is -2.41. The zero-order valence-corrected chi connectivity index (χ0v) is 9.42. The number of hydrogen-bond acceptors (Lipinski definition) is 3. The lowest BCUT2D eigenvalue weighted by molar-refractivity contribution is 0.0971. The third-order valence-corrected chi connectivity index (χ3v) is 2.57. The SMILES string of the molecule is Cc1cncn1CC(=O)c1ccc(C#N)cc1. The minimum Gasteiger partial charge on any atom is -0.327 e. The van der Waals surface area contributed by atoms with Crippen LogP contribution >= 0.6 is 0 Å². The van der Waals surface area contributed by atoms with E-state index in [4.69, 9.17) is 5.26 Å². The van der Waals surface area contributed by atoms with E-state index in [1.54, 1.807) is 41.4 Å². The molecular formula is C13H11N3O. The summed E-state index contributed by atoms with van der Waals surface area (Å²) in [5.41, 5.74) is 2.12. The number of imidazole rings is 1. The number of aromatic nitrogens is 2. The van der Waals surface area contributed by atoms with Crippen molar-refractivity contribution in [2.75, 3.05) is 0 Å². The molecule has 4 heteroatoms. The van der Waals surface area contributed by atoms with Gasteiger partial charge in [0, 0.05) is 17.5 Å². The van der Waals surface area contributed by atoms with E-state index in [2.05, 4.69) is 4.98 Å². The molecule has 0 amide bonds. The lowest BCUT2D eigenvalue weighted by Crippen LogP contribution is -2.10. The van der Waals surface area contributed by atoms with Crippen LogP contribution in [0.4, 0.5) is 0 Å². The van der Waals surface area contributed by atoms with Crippen molar-refractivity contribution in [1.29, 1.82) is 5.26 Å². The second-order valence-corrected chi connectivity index (χ2v) is 3.78. The molecule has 0 bridgehead atoms. The third kappa shape index (κ3) is 2.40. The molecule has 1 heterocycles. The van der Waals surface area contributed by atoms with Crippen LogP contribution in [0.15, 0.2) is 36.8 Å². The summed E-state index contributed by atoms with van der Waals surface area (Å²) in [6.07, 6.45) is 3.35. The molecule has 17 heavy (non-hydrogen) atoms. The van der Waals surface area contributed by atoms with Gasteiger partial charge < -0.3 is 4.57 Å². The molecule has 2 aromatic rings. The smallest absolute Gasteiger partial charge is 0.182 e. The van der Waals surface area contributed by atoms with Crippen molar-refractivity contribution >= 4 is 5.78 Å². The van der Waals surface area contributed by atoms with E-state index >= 15 is 0 Å². The predicted molar refractivity (Wildman–Crippen MR) is 62.5 cm³/mol. The van der Waals surface area contributed by atoms with Crippen LogP contribution in [0.3, 0.4) is 0 Å². The number of nitrogens with zero attached hydrogens (tertiary/aromatic N) is 3. The van der Waals surface area contributed by atoms with Crippen LogP contribution in [-0.4, -0.2) is 15.3 Å². The van der Waals surface area contributed by atoms with Gasteiger partial charge in [0.1, 0.15) is 0 Å². The molecule has 0 aliphatic heterocycles. The Balaban J connectivity index is 2.15. The van der Waals surface area contributed by atoms with E-state index in [9.17, 15) is 4.79 Å². The van der Waals surface area contributed by atoms with Gasteiger partial charge in [0.2, 0.25) is 0 Å². The highest BCUT2D eigenvalue weighted by atomic mass is 16.1. The first-order valence-corrected chi connectivity index (χ1v) is 5.21. The lowest BCUT2D eigenvalue weighted by atomic mass is 10.1. The van der Waals surface area contributed by atoms with Gasteiger partial charge >= 0.3 is 0 Å². The van der Waals surface area contributed by atoms with Gasteiger partial charge in [0.05, 0.1) is 24.5 Å². The van der Waals surface area contributed by atoms with Crippen molar-refractivity contribution in [3.05, 3.63) is 53.6 Å². The van der Waals surface area contributed by atoms with Crippen LogP contribution < -0.4 is 0 Å². The maximum absolute atomic E-state index is 11.9. The first-order chi connectivity index (χ1) is 8.20. The highest BCUT2D eigenvalue weighted by Gasteiger charge is 2.07. The van der Waals surface area contributed by atoms with Crippen molar-refractivity contribution < 1.29 is 4.79 Å². The predicted octanol–water partition coefficient (Wildman–Crippen LogP) is 1.95. The fraction of sp³-hybridized carbons (Fsp3) is 0.154. The van der Waals surface area contributed by atoms with Gasteiger partial charge in [0.15, 0.2) is 5.78 Å². The number of Topliss-reactive ketones (excluding diaryl/α,β-unsaturated/α-hetero) is 1. The molecule has 1 aromatic heterocycles. The number of hydrogen-bond donors (Lipinski definition) is 0. The normalized spacial score (nSPS) is 9.88. The highest BCUT2D eigenvalue weighted by Crippen LogP contribution is 2.06. The van der Waals surface area contributed by atoms with Crippen LogP contribution in [0.2, 0.25) is 0 Å². The molecule has 0 aliphatic carbocycles. The van der Waals surface area contributed by atoms with Crippen molar-refractivity contribution in [2.45, 2.75) is 13.5 Å². The van der Waals surface area contributed by atoms with Gasteiger partial charge in [-0.25, -0.2) is 4.98 Å². The van der Waals surface area contributed by atoms with Crippen LogP contribution in [0, 0.1) is 18.3 Å². The van der Waals surface area contributed by atoms with Crippen LogP contribution in [0.25, 0.3) is 0 Å². The van der Waals surface area contributed by atoms with Crippen molar-refractivity contribution in [3.8, 4) is 6.07 Å². The molecule has 0 atom stereocenters. The Morgan fingerprint density at radius 3 is 2.65 bits per heavy atom. The van der Waals surface area contributed by atoms with Crippen LogP contribution in [-0.2, 0) is 6.54 Å². The number of ketones is 1. The quantitative estimate of drug-likeness (QED) is 0.750. The highest BCUT2D eigenvalue weighted by molar-refractivity contribution is 5.96. The molecule has 4 nitrogen and oxygen atoms in total. The Morgan fingerprint density at radius 2 is 2.12 bits per heavy atom. The molecule has 0 radical (unpaired) electrons. The van der Waals surface area contributed by atoms with Crippen LogP contribution in [0.1, 0.15) is 21.6 Å². The zero-order chi connectivity index (χ0) is 12.3. The Bertz CT molecular complexity index is 575. The minimum atomic E-state index is 0.00981. The number of benzene rings is 1. The maximum atomic E-state index is 11.9. The molecular weight excluding hydrogens is 214 g/mol. The summed E-state index contributed by atoms with van der Waals surface area (Å²) < 4.78 is 1.79. The molecule has 0 fully saturated rings. The summed E-state index contributed by atoms with van der Waals surface area (Å²) >= 11 is 0. The molecule has 2 rings (SSSR count). The number of carbonyl (C=O) groups is 1. The summed E-state index contributed by atoms with van der Waals surface area (Å²) in [5, 5.41) is 8.66. The Morgan fingerprint density at radius 1 is 1.41 bits per heavy atom. The average molecular weight is 225 g/mol. The standard InChI is InChI=1S/C13H11N3O/c1-10-7-15-9-16(10)8-13(17)12-4-2-11(6-14)3-5-12/h2-5,7,9H,8H2,1H3. The van der Waals surface area contributed by atoms with E-state index in [0.717, 1.165) is 5.69 Å². The number of aryl methyl sites for hydroxylation is 1. The fourth-order valence-corrected chi connectivity index (χ4v) is 1.53. The van der Waals surface area contributed by atoms with Gasteiger partial charge in [-0.15, -0.1) is 0 Å². The summed E-state index contributed by atoms with van der Waals surface area (Å²) in [6, 6.07) is 8.66. The average Bonchev–Trinajstić information content (AvgIpc) is 2.75. The second kappa shape index (κ2) is 4.62. The molecule has 0 aliphatic rings. The van der Waals surface area contributed by atoms with Gasteiger partial charge in [-0.05, 0) is 19.1 Å². The van der Waals surface area contributed by atoms with Gasteiger partial charge in [-0.1, -0.05) is 12.1 Å². The fourth-order valence-electron chi connectivity index (χ4n) is 1.53. The summed E-state index contributed by atoms with van der Waals surface area (Å²) in [7, 11) is 0.